The fourth-order valence-electron chi connectivity index (χ4n) is 1.88. The van der Waals surface area contributed by atoms with Crippen LogP contribution in [0.5, 0.6) is 0 Å². The molecule has 0 aliphatic carbocycles. The van der Waals surface area contributed by atoms with E-state index < -0.39 is 5.91 Å². The molecule has 3 rings (SSSR count). The molecule has 6 nitrogen and oxygen atoms in total. The number of fused-ring (bicyclic) bond motifs is 1. The Morgan fingerprint density at radius 1 is 1.47 bits per heavy atom. The van der Waals surface area contributed by atoms with Gasteiger partial charge in [-0.25, -0.2) is 0 Å². The van der Waals surface area contributed by atoms with Crippen molar-refractivity contribution in [1.82, 2.24) is 10.1 Å². The first kappa shape index (κ1) is 9.83. The van der Waals surface area contributed by atoms with Gasteiger partial charge in [-0.15, -0.1) is 0 Å². The third-order valence-electron chi connectivity index (χ3n) is 2.71. The molecule has 0 saturated carbocycles. The second kappa shape index (κ2) is 3.58. The van der Waals surface area contributed by atoms with E-state index in [9.17, 15) is 4.79 Å². The monoisotopic (exact) mass is 230 g/mol. The summed E-state index contributed by atoms with van der Waals surface area (Å²) < 4.78 is 4.99. The molecule has 1 aromatic heterocycles. The average molecular weight is 230 g/mol. The molecule has 0 saturated heterocycles. The van der Waals surface area contributed by atoms with Gasteiger partial charge in [0.2, 0.25) is 0 Å². The predicted molar refractivity (Wildman–Crippen MR) is 60.4 cm³/mol. The summed E-state index contributed by atoms with van der Waals surface area (Å²) in [4.78, 5) is 14.8. The topological polar surface area (TPSA) is 94.0 Å². The second-order valence-corrected chi connectivity index (χ2v) is 3.84. The van der Waals surface area contributed by atoms with Gasteiger partial charge in [-0.1, -0.05) is 5.16 Å². The molecule has 6 heteroatoms. The van der Waals surface area contributed by atoms with Crippen LogP contribution in [0.15, 0.2) is 22.7 Å². The molecular weight excluding hydrogens is 220 g/mol. The Hall–Kier alpha value is -2.37. The lowest BCUT2D eigenvalue weighted by molar-refractivity contribution is 0.0987. The molecule has 0 radical (unpaired) electrons. The highest BCUT2D eigenvalue weighted by Gasteiger charge is 2.15. The van der Waals surface area contributed by atoms with Crippen molar-refractivity contribution in [2.75, 3.05) is 11.9 Å². The average Bonchev–Trinajstić information content (AvgIpc) is 2.97. The number of carbonyl (C=O) groups excluding carboxylic acids is 1. The van der Waals surface area contributed by atoms with Crippen molar-refractivity contribution in [3.63, 3.8) is 0 Å². The SMILES string of the molecule is NC(=O)c1noc(-c2ccc3c(c2)CCN3)n1. The number of primary amides is 1. The smallest absolute Gasteiger partial charge is 0.290 e. The van der Waals surface area contributed by atoms with Gasteiger partial charge >= 0.3 is 0 Å². The van der Waals surface area contributed by atoms with E-state index >= 15 is 0 Å². The summed E-state index contributed by atoms with van der Waals surface area (Å²) in [5.74, 6) is -0.477. The van der Waals surface area contributed by atoms with E-state index in [4.69, 9.17) is 10.3 Å². The van der Waals surface area contributed by atoms with E-state index in [0.29, 0.717) is 5.89 Å². The van der Waals surface area contributed by atoms with Gasteiger partial charge in [0.15, 0.2) is 0 Å². The molecule has 1 aliphatic heterocycles. The highest BCUT2D eigenvalue weighted by molar-refractivity contribution is 5.89. The first-order valence-electron chi connectivity index (χ1n) is 5.25. The third kappa shape index (κ3) is 1.63. The number of nitrogens with one attached hydrogen (secondary N) is 1. The Balaban J connectivity index is 2.00. The van der Waals surface area contributed by atoms with Gasteiger partial charge in [0.25, 0.3) is 17.6 Å². The Bertz CT molecular complexity index is 591. The molecule has 2 heterocycles. The van der Waals surface area contributed by atoms with Crippen molar-refractivity contribution in [2.45, 2.75) is 6.42 Å². The number of nitrogens with two attached hydrogens (primary N) is 1. The Morgan fingerprint density at radius 2 is 2.35 bits per heavy atom. The van der Waals surface area contributed by atoms with Gasteiger partial charge in [0.1, 0.15) is 0 Å². The fraction of sp³-hybridized carbons (Fsp3) is 0.182. The van der Waals surface area contributed by atoms with Crippen LogP contribution in [0.1, 0.15) is 16.2 Å². The van der Waals surface area contributed by atoms with Crippen LogP contribution in [0.3, 0.4) is 0 Å². The lowest BCUT2D eigenvalue weighted by Gasteiger charge is -2.00. The highest BCUT2D eigenvalue weighted by Crippen LogP contribution is 2.27. The first-order chi connectivity index (χ1) is 8.24. The van der Waals surface area contributed by atoms with Crippen molar-refractivity contribution >= 4 is 11.6 Å². The molecule has 0 atom stereocenters. The van der Waals surface area contributed by atoms with Crippen LogP contribution in [-0.4, -0.2) is 22.6 Å². The molecule has 1 aromatic carbocycles. The maximum absolute atomic E-state index is 10.9. The van der Waals surface area contributed by atoms with Gasteiger partial charge < -0.3 is 15.6 Å². The highest BCUT2D eigenvalue weighted by atomic mass is 16.5. The molecule has 0 bridgehead atoms. The van der Waals surface area contributed by atoms with Crippen molar-refractivity contribution in [2.24, 2.45) is 5.73 Å². The minimum absolute atomic E-state index is 0.0985. The van der Waals surface area contributed by atoms with Crippen LogP contribution in [0.2, 0.25) is 0 Å². The maximum atomic E-state index is 10.9. The summed E-state index contributed by atoms with van der Waals surface area (Å²) in [6.07, 6.45) is 0.972. The van der Waals surface area contributed by atoms with Gasteiger partial charge in [0, 0.05) is 17.8 Å². The molecular formula is C11H10N4O2. The summed E-state index contributed by atoms with van der Waals surface area (Å²) in [7, 11) is 0. The molecule has 0 unspecified atom stereocenters. The van der Waals surface area contributed by atoms with Crippen LogP contribution in [-0.2, 0) is 6.42 Å². The van der Waals surface area contributed by atoms with Crippen molar-refractivity contribution < 1.29 is 9.32 Å². The number of rotatable bonds is 2. The summed E-state index contributed by atoms with van der Waals surface area (Å²) >= 11 is 0. The molecule has 86 valence electrons. The number of hydrogen-bond acceptors (Lipinski definition) is 5. The zero-order valence-corrected chi connectivity index (χ0v) is 8.93. The van der Waals surface area contributed by atoms with E-state index in [-0.39, 0.29) is 5.82 Å². The van der Waals surface area contributed by atoms with Crippen LogP contribution in [0, 0.1) is 0 Å². The summed E-state index contributed by atoms with van der Waals surface area (Å²) in [6, 6.07) is 5.81. The van der Waals surface area contributed by atoms with Gasteiger partial charge in [-0.3, -0.25) is 4.79 Å². The van der Waals surface area contributed by atoms with Crippen LogP contribution in [0.4, 0.5) is 5.69 Å². The number of benzene rings is 1. The first-order valence-corrected chi connectivity index (χ1v) is 5.25. The second-order valence-electron chi connectivity index (χ2n) is 3.84. The zero-order chi connectivity index (χ0) is 11.8. The van der Waals surface area contributed by atoms with E-state index in [1.54, 1.807) is 0 Å². The molecule has 3 N–H and O–H groups in total. The summed E-state index contributed by atoms with van der Waals surface area (Å²) in [6.45, 7) is 0.940. The number of carbonyl (C=O) groups is 1. The van der Waals surface area contributed by atoms with Crippen molar-refractivity contribution in [3.05, 3.63) is 29.6 Å². The van der Waals surface area contributed by atoms with Crippen LogP contribution in [0.25, 0.3) is 11.5 Å². The van der Waals surface area contributed by atoms with Gasteiger partial charge in [-0.2, -0.15) is 4.98 Å². The van der Waals surface area contributed by atoms with Crippen molar-refractivity contribution in [1.29, 1.82) is 0 Å². The van der Waals surface area contributed by atoms with E-state index in [1.165, 1.54) is 5.56 Å². The molecule has 0 fully saturated rings. The molecule has 2 aromatic rings. The van der Waals surface area contributed by atoms with Crippen LogP contribution < -0.4 is 11.1 Å². The van der Waals surface area contributed by atoms with E-state index in [1.807, 2.05) is 18.2 Å². The minimum Gasteiger partial charge on any atom is -0.384 e. The van der Waals surface area contributed by atoms with Gasteiger partial charge in [-0.05, 0) is 30.2 Å². The lowest BCUT2D eigenvalue weighted by Crippen LogP contribution is -2.12. The fourth-order valence-corrected chi connectivity index (χ4v) is 1.88. The number of amides is 1. The van der Waals surface area contributed by atoms with Gasteiger partial charge in [0.05, 0.1) is 0 Å². The number of hydrogen-bond donors (Lipinski definition) is 2. The van der Waals surface area contributed by atoms with Crippen LogP contribution >= 0.6 is 0 Å². The Morgan fingerprint density at radius 3 is 3.12 bits per heavy atom. The molecule has 0 spiro atoms. The quantitative estimate of drug-likeness (QED) is 0.795. The number of anilines is 1. The Kier molecular flexibility index (Phi) is 2.07. The maximum Gasteiger partial charge on any atom is 0.290 e. The molecule has 1 aliphatic rings. The largest absolute Gasteiger partial charge is 0.384 e. The van der Waals surface area contributed by atoms with E-state index in [0.717, 1.165) is 24.2 Å². The summed E-state index contributed by atoms with van der Waals surface area (Å²) in [5, 5.41) is 6.77. The number of aromatic nitrogens is 2. The minimum atomic E-state index is -0.692. The molecule has 1 amide bonds. The Labute approximate surface area is 96.8 Å². The van der Waals surface area contributed by atoms with Crippen molar-refractivity contribution in [3.8, 4) is 11.5 Å². The zero-order valence-electron chi connectivity index (χ0n) is 8.93. The normalized spacial score (nSPS) is 13.2. The summed E-state index contributed by atoms with van der Waals surface area (Å²) in [5.41, 5.74) is 8.20. The van der Waals surface area contributed by atoms with E-state index in [2.05, 4.69) is 15.5 Å². The molecule has 17 heavy (non-hydrogen) atoms. The predicted octanol–water partition coefficient (Wildman–Crippen LogP) is 0.803. The third-order valence-corrected chi connectivity index (χ3v) is 2.71. The lowest BCUT2D eigenvalue weighted by atomic mass is 10.1. The standard InChI is InChI=1S/C11H10N4O2/c12-9(16)10-14-11(17-15-10)7-1-2-8-6(5-7)3-4-13-8/h1-2,5,13H,3-4H2,(H2,12,16). The number of nitrogens with zero attached hydrogens (tertiary/aromatic N) is 2.